The molecule has 0 spiro atoms. The average molecular weight is 427 g/mol. The van der Waals surface area contributed by atoms with Crippen LogP contribution in [0.2, 0.25) is 0 Å². The topological polar surface area (TPSA) is 117 Å². The molecule has 9 heteroatoms. The van der Waals surface area contributed by atoms with Crippen molar-refractivity contribution >= 4 is 20.3 Å². The van der Waals surface area contributed by atoms with Crippen molar-refractivity contribution in [3.63, 3.8) is 0 Å². The summed E-state index contributed by atoms with van der Waals surface area (Å²) < 4.78 is 10.3. The van der Waals surface area contributed by atoms with E-state index in [1.165, 1.54) is 6.92 Å². The third-order valence-electron chi connectivity index (χ3n) is 3.56. The number of Topliss-reactive ketones (excluding diaryl/α,β-unsaturated/α-hetero) is 1. The zero-order valence-electron chi connectivity index (χ0n) is 19.2. The number of carbonyl (C=O) groups is 2. The third-order valence-corrected chi connectivity index (χ3v) is 4.28. The van der Waals surface area contributed by atoms with Gasteiger partial charge in [0.25, 0.3) is 0 Å². The minimum atomic E-state index is -2.20. The second-order valence-electron chi connectivity index (χ2n) is 6.29. The van der Waals surface area contributed by atoms with Crippen molar-refractivity contribution in [2.45, 2.75) is 80.4 Å². The third kappa shape index (κ3) is 15.3. The van der Waals surface area contributed by atoms with E-state index in [0.717, 1.165) is 12.8 Å². The van der Waals surface area contributed by atoms with E-state index in [2.05, 4.69) is 10.6 Å². The molecule has 0 aliphatic heterocycles. The van der Waals surface area contributed by atoms with Crippen molar-refractivity contribution < 1.29 is 28.6 Å². The van der Waals surface area contributed by atoms with Crippen molar-refractivity contribution in [2.75, 3.05) is 26.8 Å². The van der Waals surface area contributed by atoms with E-state index in [0.29, 0.717) is 6.54 Å². The van der Waals surface area contributed by atoms with Crippen LogP contribution in [0, 0.1) is 5.41 Å². The number of hydrogen-bond donors (Lipinski definition) is 4. The summed E-state index contributed by atoms with van der Waals surface area (Å²) in [6, 6.07) is -0.520. The first-order chi connectivity index (χ1) is 13.2. The fourth-order valence-corrected chi connectivity index (χ4v) is 2.51. The highest BCUT2D eigenvalue weighted by atomic mass is 31.2. The summed E-state index contributed by atoms with van der Waals surface area (Å²) in [7, 11) is -0.583. The average Bonchev–Trinajstić information content (AvgIpc) is 2.69. The molecule has 0 saturated heterocycles. The minimum Gasteiger partial charge on any atom is -0.383 e. The lowest BCUT2D eigenvalue weighted by Gasteiger charge is -2.29. The van der Waals surface area contributed by atoms with Crippen molar-refractivity contribution in [2.24, 2.45) is 5.41 Å². The standard InChI is InChI=1S/C15H31N2O6P.2C2H6/c1-6-7-8-17-14(20)13(19)15(3,4)10-23-24(21)22-9-12(16-5)11(2)18;2*1-2/h12-13,16,19,21H,6-10H2,1-5H3,(H,17,20);2*1-2H3. The lowest BCUT2D eigenvalue weighted by Crippen LogP contribution is -2.46. The molecule has 3 unspecified atom stereocenters. The number of ketones is 1. The van der Waals surface area contributed by atoms with E-state index < -0.39 is 32.1 Å². The molecule has 0 fully saturated rings. The normalized spacial score (nSPS) is 13.8. The fraction of sp³-hybridized carbons (Fsp3) is 0.895. The number of aliphatic hydroxyl groups excluding tert-OH is 1. The maximum absolute atomic E-state index is 11.9. The van der Waals surface area contributed by atoms with Gasteiger partial charge in [0.1, 0.15) is 11.9 Å². The van der Waals surface area contributed by atoms with Gasteiger partial charge in [0, 0.05) is 12.0 Å². The monoisotopic (exact) mass is 426 g/mol. The van der Waals surface area contributed by atoms with Gasteiger partial charge in [-0.3, -0.25) is 9.59 Å². The highest BCUT2D eigenvalue weighted by molar-refractivity contribution is 7.40. The van der Waals surface area contributed by atoms with Crippen molar-refractivity contribution in [1.82, 2.24) is 10.6 Å². The summed E-state index contributed by atoms with van der Waals surface area (Å²) in [6.45, 7) is 15.2. The Morgan fingerprint density at radius 1 is 1.14 bits per heavy atom. The summed E-state index contributed by atoms with van der Waals surface area (Å²) in [4.78, 5) is 32.9. The Morgan fingerprint density at radius 2 is 1.68 bits per heavy atom. The molecule has 0 aliphatic rings. The van der Waals surface area contributed by atoms with Crippen LogP contribution in [0.3, 0.4) is 0 Å². The SMILES string of the molecule is CC.CC.CCCCNC(=O)C(O)C(C)(C)COP(O)OCC(NC)C(C)=O. The quantitative estimate of drug-likeness (QED) is 0.264. The van der Waals surface area contributed by atoms with Crippen LogP contribution in [0.1, 0.15) is 68.2 Å². The largest absolute Gasteiger partial charge is 0.383 e. The number of amides is 1. The Morgan fingerprint density at radius 3 is 2.11 bits per heavy atom. The van der Waals surface area contributed by atoms with E-state index in [9.17, 15) is 19.6 Å². The molecule has 4 N–H and O–H groups in total. The summed E-state index contributed by atoms with van der Waals surface area (Å²) in [5.41, 5.74) is -0.897. The van der Waals surface area contributed by atoms with Crippen molar-refractivity contribution in [3.05, 3.63) is 0 Å². The molecule has 0 aliphatic carbocycles. The molecule has 28 heavy (non-hydrogen) atoms. The molecule has 0 rings (SSSR count). The van der Waals surface area contributed by atoms with E-state index in [-0.39, 0.29) is 19.0 Å². The molecular weight excluding hydrogens is 383 g/mol. The zero-order valence-corrected chi connectivity index (χ0v) is 20.1. The Kier molecular flexibility index (Phi) is 22.5. The minimum absolute atomic E-state index is 0.0193. The van der Waals surface area contributed by atoms with Crippen LogP contribution in [-0.2, 0) is 18.6 Å². The Hall–Kier alpha value is -0.630. The first-order valence-corrected chi connectivity index (χ1v) is 11.2. The van der Waals surface area contributed by atoms with Gasteiger partial charge in [0.2, 0.25) is 5.91 Å². The molecule has 170 valence electrons. The first-order valence-electron chi connectivity index (χ1n) is 10.0. The van der Waals surface area contributed by atoms with Crippen molar-refractivity contribution in [3.8, 4) is 0 Å². The Balaban J connectivity index is -0.00000146. The van der Waals surface area contributed by atoms with Crippen LogP contribution in [0.25, 0.3) is 0 Å². The van der Waals surface area contributed by atoms with Gasteiger partial charge in [-0.2, -0.15) is 0 Å². The zero-order chi connectivity index (χ0) is 22.8. The summed E-state index contributed by atoms with van der Waals surface area (Å²) in [6.07, 6.45) is 0.525. The van der Waals surface area contributed by atoms with E-state index in [1.54, 1.807) is 20.9 Å². The fourth-order valence-electron chi connectivity index (χ4n) is 1.72. The molecule has 0 radical (unpaired) electrons. The predicted molar refractivity (Wildman–Crippen MR) is 115 cm³/mol. The molecule has 0 saturated carbocycles. The molecule has 8 nitrogen and oxygen atoms in total. The van der Waals surface area contributed by atoms with Gasteiger partial charge >= 0.3 is 8.60 Å². The van der Waals surface area contributed by atoms with Gasteiger partial charge in [-0.25, -0.2) is 0 Å². The summed E-state index contributed by atoms with van der Waals surface area (Å²) in [5.74, 6) is -0.576. The van der Waals surface area contributed by atoms with Crippen molar-refractivity contribution in [1.29, 1.82) is 0 Å². The molecule has 0 aromatic heterocycles. The van der Waals surface area contributed by atoms with Crippen LogP contribution < -0.4 is 10.6 Å². The Labute approximate surface area is 172 Å². The Bertz CT molecular complexity index is 397. The number of hydrogen-bond acceptors (Lipinski definition) is 7. The molecule has 1 amide bonds. The van der Waals surface area contributed by atoms with Crippen LogP contribution in [-0.4, -0.2) is 60.6 Å². The predicted octanol–water partition coefficient (Wildman–Crippen LogP) is 2.77. The molecule has 0 aromatic carbocycles. The first kappa shape index (κ1) is 32.0. The van der Waals surface area contributed by atoms with Crippen LogP contribution in [0.15, 0.2) is 0 Å². The van der Waals surface area contributed by atoms with Gasteiger partial charge in [-0.15, -0.1) is 0 Å². The molecule has 3 atom stereocenters. The van der Waals surface area contributed by atoms with E-state index in [4.69, 9.17) is 9.05 Å². The van der Waals surface area contributed by atoms with Gasteiger partial charge in [0.15, 0.2) is 0 Å². The van der Waals surface area contributed by atoms with Gasteiger partial charge < -0.3 is 29.7 Å². The van der Waals surface area contributed by atoms with Gasteiger partial charge in [0.05, 0.1) is 19.3 Å². The molecule has 0 bridgehead atoms. The second kappa shape index (κ2) is 19.7. The molecule has 0 aromatic rings. The van der Waals surface area contributed by atoms with Crippen LogP contribution >= 0.6 is 8.60 Å². The number of carbonyl (C=O) groups excluding carboxylic acids is 2. The number of nitrogens with one attached hydrogen (secondary N) is 2. The van der Waals surface area contributed by atoms with E-state index >= 15 is 0 Å². The number of unbranched alkanes of at least 4 members (excludes halogenated alkanes) is 1. The highest BCUT2D eigenvalue weighted by Gasteiger charge is 2.34. The van der Waals surface area contributed by atoms with Crippen LogP contribution in [0.5, 0.6) is 0 Å². The lowest BCUT2D eigenvalue weighted by atomic mass is 9.87. The maximum atomic E-state index is 11.9. The summed E-state index contributed by atoms with van der Waals surface area (Å²) >= 11 is 0. The van der Waals surface area contributed by atoms with E-state index in [1.807, 2.05) is 34.6 Å². The lowest BCUT2D eigenvalue weighted by molar-refractivity contribution is -0.136. The summed E-state index contributed by atoms with van der Waals surface area (Å²) in [5, 5.41) is 15.5. The molecule has 0 heterocycles. The number of rotatable bonds is 13. The highest BCUT2D eigenvalue weighted by Crippen LogP contribution is 2.36. The molecular formula is C19H43N2O6P. The second-order valence-corrected chi connectivity index (χ2v) is 7.29. The number of likely N-dealkylation sites (N-methyl/N-ethyl adjacent to an activating group) is 1. The maximum Gasteiger partial charge on any atom is 0.329 e. The number of aliphatic hydroxyl groups is 1. The van der Waals surface area contributed by atoms with Gasteiger partial charge in [-0.1, -0.05) is 54.9 Å². The van der Waals surface area contributed by atoms with Gasteiger partial charge in [-0.05, 0) is 20.4 Å². The smallest absolute Gasteiger partial charge is 0.329 e. The van der Waals surface area contributed by atoms with Crippen LogP contribution in [0.4, 0.5) is 0 Å².